The number of ether oxygens (including phenoxy) is 1. The molecule has 0 aromatic heterocycles. The first kappa shape index (κ1) is 12.7. The van der Waals surface area contributed by atoms with Crippen LogP contribution in [0.2, 0.25) is 0 Å². The summed E-state index contributed by atoms with van der Waals surface area (Å²) in [5, 5.41) is 20.6. The number of hydrogen-bond acceptors (Lipinski definition) is 4. The molecule has 5 heteroatoms. The minimum Gasteiger partial charge on any atom is -0.495 e. The summed E-state index contributed by atoms with van der Waals surface area (Å²) < 4.78 is 18.4. The van der Waals surface area contributed by atoms with E-state index in [2.05, 4.69) is 5.32 Å². The van der Waals surface area contributed by atoms with Crippen molar-refractivity contribution in [2.45, 2.75) is 13.0 Å². The van der Waals surface area contributed by atoms with Crippen LogP contribution in [0, 0.1) is 12.7 Å². The zero-order valence-corrected chi connectivity index (χ0v) is 9.33. The van der Waals surface area contributed by atoms with E-state index in [-0.39, 0.29) is 19.0 Å². The van der Waals surface area contributed by atoms with Gasteiger partial charge in [-0.25, -0.2) is 4.39 Å². The Labute approximate surface area is 93.7 Å². The molecule has 1 aromatic rings. The topological polar surface area (TPSA) is 61.7 Å². The third kappa shape index (κ3) is 3.08. The second kappa shape index (κ2) is 5.67. The lowest BCUT2D eigenvalue weighted by molar-refractivity contribution is 0.105. The first-order chi connectivity index (χ1) is 7.58. The molecular formula is C11H16FNO3. The predicted molar refractivity (Wildman–Crippen MR) is 59.3 cm³/mol. The molecule has 4 nitrogen and oxygen atoms in total. The van der Waals surface area contributed by atoms with Crippen LogP contribution in [0.25, 0.3) is 0 Å². The van der Waals surface area contributed by atoms with Crippen molar-refractivity contribution in [3.05, 3.63) is 23.5 Å². The van der Waals surface area contributed by atoms with Crippen LogP contribution in [0.3, 0.4) is 0 Å². The molecule has 0 amide bonds. The number of aliphatic hydroxyl groups is 2. The SMILES string of the molecule is COc1cc(C)c(F)cc1NCC(O)CO. The Balaban J connectivity index is 2.81. The van der Waals surface area contributed by atoms with E-state index >= 15 is 0 Å². The standard InChI is InChI=1S/C11H16FNO3/c1-7-3-11(16-2)10(4-9(7)12)13-5-8(15)6-14/h3-4,8,13-15H,5-6H2,1-2H3. The largest absolute Gasteiger partial charge is 0.495 e. The maximum Gasteiger partial charge on any atom is 0.142 e. The number of hydrogen-bond donors (Lipinski definition) is 3. The molecule has 0 radical (unpaired) electrons. The molecule has 0 saturated carbocycles. The van der Waals surface area contributed by atoms with Gasteiger partial charge in [0.05, 0.1) is 25.5 Å². The van der Waals surface area contributed by atoms with Crippen molar-refractivity contribution in [1.82, 2.24) is 0 Å². The van der Waals surface area contributed by atoms with Gasteiger partial charge in [-0.3, -0.25) is 0 Å². The number of anilines is 1. The predicted octanol–water partition coefficient (Wildman–Crippen LogP) is 0.908. The van der Waals surface area contributed by atoms with Crippen molar-refractivity contribution < 1.29 is 19.3 Å². The van der Waals surface area contributed by atoms with Gasteiger partial charge in [0.25, 0.3) is 0 Å². The molecule has 3 N–H and O–H groups in total. The Bertz CT molecular complexity index is 357. The van der Waals surface area contributed by atoms with E-state index in [9.17, 15) is 4.39 Å². The molecular weight excluding hydrogens is 213 g/mol. The van der Waals surface area contributed by atoms with Gasteiger partial charge in [0.1, 0.15) is 11.6 Å². The summed E-state index contributed by atoms with van der Waals surface area (Å²) in [5.41, 5.74) is 0.947. The molecule has 0 aliphatic rings. The van der Waals surface area contributed by atoms with Crippen molar-refractivity contribution >= 4 is 5.69 Å². The van der Waals surface area contributed by atoms with Gasteiger partial charge in [-0.2, -0.15) is 0 Å². The van der Waals surface area contributed by atoms with Crippen molar-refractivity contribution in [3.8, 4) is 5.75 Å². The highest BCUT2D eigenvalue weighted by molar-refractivity contribution is 5.58. The van der Waals surface area contributed by atoms with E-state index in [4.69, 9.17) is 14.9 Å². The van der Waals surface area contributed by atoms with Crippen molar-refractivity contribution in [3.63, 3.8) is 0 Å². The van der Waals surface area contributed by atoms with Gasteiger partial charge >= 0.3 is 0 Å². The minimum absolute atomic E-state index is 0.134. The van der Waals surface area contributed by atoms with Gasteiger partial charge in [0.2, 0.25) is 0 Å². The highest BCUT2D eigenvalue weighted by Gasteiger charge is 2.09. The van der Waals surface area contributed by atoms with Crippen molar-refractivity contribution in [2.75, 3.05) is 25.6 Å². The van der Waals surface area contributed by atoms with Gasteiger partial charge < -0.3 is 20.3 Å². The Morgan fingerprint density at radius 2 is 2.19 bits per heavy atom. The summed E-state index contributed by atoms with van der Waals surface area (Å²) in [6, 6.07) is 2.88. The summed E-state index contributed by atoms with van der Waals surface area (Å²) in [6.45, 7) is 1.43. The van der Waals surface area contributed by atoms with Crippen LogP contribution in [0.15, 0.2) is 12.1 Å². The van der Waals surface area contributed by atoms with Crippen molar-refractivity contribution in [2.24, 2.45) is 0 Å². The monoisotopic (exact) mass is 229 g/mol. The Kier molecular flexibility index (Phi) is 4.52. The molecule has 0 fully saturated rings. The Morgan fingerprint density at radius 1 is 1.50 bits per heavy atom. The highest BCUT2D eigenvalue weighted by Crippen LogP contribution is 2.27. The third-order valence-corrected chi connectivity index (χ3v) is 2.22. The number of halogens is 1. The minimum atomic E-state index is -0.880. The second-order valence-corrected chi connectivity index (χ2v) is 3.52. The molecule has 0 heterocycles. The first-order valence-corrected chi connectivity index (χ1v) is 4.95. The zero-order chi connectivity index (χ0) is 12.1. The molecule has 90 valence electrons. The summed E-state index contributed by atoms with van der Waals surface area (Å²) in [6.07, 6.45) is -0.880. The van der Waals surface area contributed by atoms with E-state index in [1.807, 2.05) is 0 Å². The molecule has 1 atom stereocenters. The smallest absolute Gasteiger partial charge is 0.142 e. The van der Waals surface area contributed by atoms with E-state index in [0.717, 1.165) is 0 Å². The van der Waals surface area contributed by atoms with Crippen LogP contribution in [-0.2, 0) is 0 Å². The number of aliphatic hydroxyl groups excluding tert-OH is 2. The van der Waals surface area contributed by atoms with E-state index in [1.165, 1.54) is 13.2 Å². The van der Waals surface area contributed by atoms with Crippen LogP contribution in [0.1, 0.15) is 5.56 Å². The molecule has 0 saturated heterocycles. The average molecular weight is 229 g/mol. The second-order valence-electron chi connectivity index (χ2n) is 3.52. The van der Waals surface area contributed by atoms with Crippen LogP contribution < -0.4 is 10.1 Å². The fraction of sp³-hybridized carbons (Fsp3) is 0.455. The van der Waals surface area contributed by atoms with Crippen LogP contribution in [-0.4, -0.2) is 36.6 Å². The lowest BCUT2D eigenvalue weighted by atomic mass is 10.2. The Morgan fingerprint density at radius 3 is 2.75 bits per heavy atom. The number of benzene rings is 1. The lowest BCUT2D eigenvalue weighted by Crippen LogP contribution is -2.23. The van der Waals surface area contributed by atoms with Crippen molar-refractivity contribution in [1.29, 1.82) is 0 Å². The molecule has 1 aromatic carbocycles. The van der Waals surface area contributed by atoms with Gasteiger partial charge in [0, 0.05) is 12.6 Å². The summed E-state index contributed by atoms with van der Waals surface area (Å²) >= 11 is 0. The fourth-order valence-corrected chi connectivity index (χ4v) is 1.25. The molecule has 0 bridgehead atoms. The van der Waals surface area contributed by atoms with E-state index < -0.39 is 6.10 Å². The lowest BCUT2D eigenvalue weighted by Gasteiger charge is -2.14. The number of aryl methyl sites for hydroxylation is 1. The van der Waals surface area contributed by atoms with Gasteiger partial charge in [-0.1, -0.05) is 0 Å². The average Bonchev–Trinajstić information content (AvgIpc) is 2.29. The molecule has 1 unspecified atom stereocenters. The van der Waals surface area contributed by atoms with Crippen LogP contribution in [0.5, 0.6) is 5.75 Å². The van der Waals surface area contributed by atoms with Gasteiger partial charge in [-0.05, 0) is 18.6 Å². The zero-order valence-electron chi connectivity index (χ0n) is 9.33. The molecule has 16 heavy (non-hydrogen) atoms. The summed E-state index contributed by atoms with van der Waals surface area (Å²) in [5.74, 6) is 0.158. The summed E-state index contributed by atoms with van der Waals surface area (Å²) in [4.78, 5) is 0. The Hall–Kier alpha value is -1.33. The normalized spacial score (nSPS) is 12.3. The molecule has 0 spiro atoms. The number of methoxy groups -OCH3 is 1. The van der Waals surface area contributed by atoms with Crippen LogP contribution >= 0.6 is 0 Å². The van der Waals surface area contributed by atoms with E-state index in [0.29, 0.717) is 17.0 Å². The maximum atomic E-state index is 13.3. The van der Waals surface area contributed by atoms with Gasteiger partial charge in [0.15, 0.2) is 0 Å². The molecule has 0 aliphatic carbocycles. The summed E-state index contributed by atoms with van der Waals surface area (Å²) in [7, 11) is 1.49. The highest BCUT2D eigenvalue weighted by atomic mass is 19.1. The number of rotatable bonds is 5. The maximum absolute atomic E-state index is 13.3. The van der Waals surface area contributed by atoms with E-state index in [1.54, 1.807) is 13.0 Å². The molecule has 1 rings (SSSR count). The first-order valence-electron chi connectivity index (χ1n) is 4.95. The number of nitrogens with one attached hydrogen (secondary N) is 1. The van der Waals surface area contributed by atoms with Crippen LogP contribution in [0.4, 0.5) is 10.1 Å². The molecule has 0 aliphatic heterocycles. The fourth-order valence-electron chi connectivity index (χ4n) is 1.25. The van der Waals surface area contributed by atoms with Gasteiger partial charge in [-0.15, -0.1) is 0 Å². The quantitative estimate of drug-likeness (QED) is 0.702. The third-order valence-electron chi connectivity index (χ3n) is 2.22.